The fraction of sp³-hybridized carbons (Fsp3) is 0.281. The number of aromatic carboxylic acids is 1. The third-order valence-electron chi connectivity index (χ3n) is 7.55. The molecule has 3 aromatic carbocycles. The zero-order chi connectivity index (χ0) is 30.2. The molecule has 1 saturated heterocycles. The van der Waals surface area contributed by atoms with E-state index in [9.17, 15) is 36.2 Å². The molecule has 3 aromatic rings. The number of halogens is 7. The van der Waals surface area contributed by atoms with Gasteiger partial charge >= 0.3 is 18.3 Å². The first-order valence-corrected chi connectivity index (χ1v) is 13.7. The minimum atomic E-state index is -4.69. The lowest BCUT2D eigenvalue weighted by Gasteiger charge is -2.34. The molecular formula is C32H26ClF6NO2. The molecule has 0 radical (unpaired) electrons. The second-order valence-electron chi connectivity index (χ2n) is 10.5. The molecule has 0 unspecified atom stereocenters. The van der Waals surface area contributed by atoms with E-state index in [2.05, 4.69) is 0 Å². The summed E-state index contributed by atoms with van der Waals surface area (Å²) in [5.74, 6) is -1.09. The fourth-order valence-corrected chi connectivity index (χ4v) is 5.91. The lowest BCUT2D eigenvalue weighted by atomic mass is 9.85. The van der Waals surface area contributed by atoms with E-state index >= 15 is 0 Å². The Balaban J connectivity index is 1.56. The van der Waals surface area contributed by atoms with Crippen LogP contribution >= 0.6 is 11.6 Å². The Labute approximate surface area is 243 Å². The Morgan fingerprint density at radius 1 is 0.929 bits per heavy atom. The number of fused-ring (bicyclic) bond motifs is 1. The average Bonchev–Trinajstić information content (AvgIpc) is 3.08. The van der Waals surface area contributed by atoms with Crippen LogP contribution in [0.25, 0.3) is 17.2 Å². The van der Waals surface area contributed by atoms with Gasteiger partial charge in [0.2, 0.25) is 0 Å². The zero-order valence-corrected chi connectivity index (χ0v) is 23.0. The topological polar surface area (TPSA) is 40.5 Å². The number of hydrogen-bond acceptors (Lipinski definition) is 2. The van der Waals surface area contributed by atoms with Crippen LogP contribution in [-0.2, 0) is 12.6 Å². The second-order valence-corrected chi connectivity index (χ2v) is 11.0. The summed E-state index contributed by atoms with van der Waals surface area (Å²) < 4.78 is 80.2. The maximum Gasteiger partial charge on any atom is 0.418 e. The molecule has 3 nitrogen and oxygen atoms in total. The number of carboxylic acid groups (broad SMARTS) is 1. The molecule has 1 N–H and O–H groups in total. The number of alkyl halides is 6. The van der Waals surface area contributed by atoms with Crippen molar-refractivity contribution in [1.29, 1.82) is 0 Å². The number of hydrogen-bond donors (Lipinski definition) is 1. The van der Waals surface area contributed by atoms with Crippen LogP contribution in [0.2, 0.25) is 5.02 Å². The molecule has 5 rings (SSSR count). The molecule has 1 aliphatic carbocycles. The van der Waals surface area contributed by atoms with Gasteiger partial charge < -0.3 is 5.11 Å². The molecule has 0 amide bonds. The number of rotatable bonds is 6. The molecule has 0 spiro atoms. The van der Waals surface area contributed by atoms with Crippen molar-refractivity contribution >= 4 is 34.8 Å². The van der Waals surface area contributed by atoms with Gasteiger partial charge in [0.25, 0.3) is 0 Å². The van der Waals surface area contributed by atoms with Crippen molar-refractivity contribution in [2.75, 3.05) is 19.6 Å². The van der Waals surface area contributed by atoms with Crippen LogP contribution < -0.4 is 0 Å². The quantitative estimate of drug-likeness (QED) is 0.285. The first kappa shape index (κ1) is 29.9. The molecule has 1 fully saturated rings. The van der Waals surface area contributed by atoms with Crippen LogP contribution in [0.1, 0.15) is 63.0 Å². The second kappa shape index (κ2) is 11.6. The highest BCUT2D eigenvalue weighted by atomic mass is 35.5. The summed E-state index contributed by atoms with van der Waals surface area (Å²) in [5.41, 5.74) is 4.08. The van der Waals surface area contributed by atoms with Crippen molar-refractivity contribution in [1.82, 2.24) is 4.90 Å². The lowest BCUT2D eigenvalue weighted by molar-refractivity contribution is -0.139. The third-order valence-corrected chi connectivity index (χ3v) is 7.87. The lowest BCUT2D eigenvalue weighted by Crippen LogP contribution is -2.41. The summed E-state index contributed by atoms with van der Waals surface area (Å²) in [4.78, 5) is 13.4. The number of benzene rings is 3. The van der Waals surface area contributed by atoms with Gasteiger partial charge in [-0.05, 0) is 82.0 Å². The Kier molecular flexibility index (Phi) is 8.27. The monoisotopic (exact) mass is 605 g/mol. The number of likely N-dealkylation sites (tertiary alicyclic amines) is 1. The maximum absolute atomic E-state index is 14.2. The molecule has 0 bridgehead atoms. The Bertz CT molecular complexity index is 1560. The van der Waals surface area contributed by atoms with Gasteiger partial charge in [-0.3, -0.25) is 4.90 Å². The van der Waals surface area contributed by atoms with Gasteiger partial charge in [0.05, 0.1) is 22.6 Å². The number of allylic oxidation sites excluding steroid dienone is 1. The third kappa shape index (κ3) is 6.57. The standard InChI is InChI=1S/C32H26ClF6NO2/c33-27-6-2-5-26(29(27)32(37,38)39)25-4-1-3-22-16-23(30(41)42)11-12-24(22)28(25)21-9-7-19(8-10-21)15-20-17-40(18-20)14-13-31(34,35)36/h2,5-12,15-16H,1,3-4,13-14,17-18H2,(H,41,42). The van der Waals surface area contributed by atoms with Crippen molar-refractivity contribution < 1.29 is 36.2 Å². The zero-order valence-electron chi connectivity index (χ0n) is 22.2. The Hall–Kier alpha value is -3.56. The van der Waals surface area contributed by atoms with E-state index in [0.717, 1.165) is 16.7 Å². The molecule has 10 heteroatoms. The van der Waals surface area contributed by atoms with Crippen molar-refractivity contribution in [3.8, 4) is 0 Å². The Morgan fingerprint density at radius 3 is 2.29 bits per heavy atom. The minimum Gasteiger partial charge on any atom is -0.478 e. The molecule has 1 aliphatic heterocycles. The van der Waals surface area contributed by atoms with E-state index in [0.29, 0.717) is 54.6 Å². The number of aryl methyl sites for hydroxylation is 1. The van der Waals surface area contributed by atoms with E-state index in [-0.39, 0.29) is 17.7 Å². The van der Waals surface area contributed by atoms with Crippen LogP contribution in [0.4, 0.5) is 26.3 Å². The predicted octanol–water partition coefficient (Wildman–Crippen LogP) is 9.00. The molecule has 220 valence electrons. The summed E-state index contributed by atoms with van der Waals surface area (Å²) in [6.07, 6.45) is -6.53. The van der Waals surface area contributed by atoms with Gasteiger partial charge in [-0.2, -0.15) is 26.3 Å². The molecule has 0 aromatic heterocycles. The Morgan fingerprint density at radius 2 is 1.64 bits per heavy atom. The van der Waals surface area contributed by atoms with Crippen molar-refractivity contribution in [2.24, 2.45) is 0 Å². The fourth-order valence-electron chi connectivity index (χ4n) is 5.63. The summed E-state index contributed by atoms with van der Waals surface area (Å²) in [5, 5.41) is 9.13. The van der Waals surface area contributed by atoms with Gasteiger partial charge in [-0.1, -0.05) is 60.1 Å². The van der Waals surface area contributed by atoms with E-state index in [1.54, 1.807) is 29.2 Å². The SMILES string of the molecule is O=C(O)c1ccc2c(c1)CCCC(c1cccc(Cl)c1C(F)(F)F)=C2c1ccc(C=C2CN(CCC(F)(F)F)C2)cc1. The van der Waals surface area contributed by atoms with Crippen LogP contribution in [0, 0.1) is 0 Å². The van der Waals surface area contributed by atoms with Crippen molar-refractivity contribution in [2.45, 2.75) is 38.0 Å². The van der Waals surface area contributed by atoms with Crippen LogP contribution in [-0.4, -0.2) is 41.8 Å². The largest absolute Gasteiger partial charge is 0.478 e. The van der Waals surface area contributed by atoms with Gasteiger partial charge in [0, 0.05) is 19.6 Å². The van der Waals surface area contributed by atoms with Gasteiger partial charge in [0.1, 0.15) is 0 Å². The molecule has 1 heterocycles. The van der Waals surface area contributed by atoms with Crippen LogP contribution in [0.3, 0.4) is 0 Å². The molecule has 0 atom stereocenters. The first-order chi connectivity index (χ1) is 19.8. The summed E-state index contributed by atoms with van der Waals surface area (Å²) >= 11 is 6.09. The van der Waals surface area contributed by atoms with E-state index in [1.165, 1.54) is 24.3 Å². The van der Waals surface area contributed by atoms with Gasteiger partial charge in [-0.15, -0.1) is 0 Å². The van der Waals surface area contributed by atoms with E-state index in [1.807, 2.05) is 18.2 Å². The molecule has 42 heavy (non-hydrogen) atoms. The minimum absolute atomic E-state index is 0.0141. The van der Waals surface area contributed by atoms with Crippen molar-refractivity contribution in [3.63, 3.8) is 0 Å². The summed E-state index contributed by atoms with van der Waals surface area (Å²) in [6, 6.07) is 16.1. The highest BCUT2D eigenvalue weighted by Crippen LogP contribution is 2.46. The number of carbonyl (C=O) groups is 1. The van der Waals surface area contributed by atoms with Gasteiger partial charge in [0.15, 0.2) is 0 Å². The number of carboxylic acids is 1. The number of nitrogens with zero attached hydrogens (tertiary/aromatic N) is 1. The maximum atomic E-state index is 14.2. The smallest absolute Gasteiger partial charge is 0.418 e. The highest BCUT2D eigenvalue weighted by molar-refractivity contribution is 6.31. The predicted molar refractivity (Wildman–Crippen MR) is 150 cm³/mol. The summed E-state index contributed by atoms with van der Waals surface area (Å²) in [6.45, 7) is 0.839. The molecule has 2 aliphatic rings. The molecule has 0 saturated carbocycles. The van der Waals surface area contributed by atoms with E-state index in [4.69, 9.17) is 11.6 Å². The van der Waals surface area contributed by atoms with Crippen LogP contribution in [0.15, 0.2) is 66.2 Å². The average molecular weight is 606 g/mol. The molecular weight excluding hydrogens is 580 g/mol. The summed E-state index contributed by atoms with van der Waals surface area (Å²) in [7, 11) is 0. The van der Waals surface area contributed by atoms with Gasteiger partial charge in [-0.25, -0.2) is 4.79 Å². The normalized spacial score (nSPS) is 16.1. The van der Waals surface area contributed by atoms with Crippen LogP contribution in [0.5, 0.6) is 0 Å². The first-order valence-electron chi connectivity index (χ1n) is 13.3. The van der Waals surface area contributed by atoms with E-state index < -0.39 is 35.3 Å². The highest BCUT2D eigenvalue weighted by Gasteiger charge is 2.37. The van der Waals surface area contributed by atoms with Crippen molar-refractivity contribution in [3.05, 3.63) is 110 Å².